The fourth-order valence-electron chi connectivity index (χ4n) is 1.29. The zero-order valence-corrected chi connectivity index (χ0v) is 8.67. The quantitative estimate of drug-likeness (QED) is 0.673. The van der Waals surface area contributed by atoms with Crippen LogP contribution in [0, 0.1) is 0 Å². The molecule has 2 nitrogen and oxygen atoms in total. The standard InChI is InChI=1S/C13H13N2/c1-15-10-6-13(7-11-15)3-2-12-4-8-14-9-5-12/h2-11H,1H3/q+1/b3-2+. The number of aryl methyl sites for hydroxylation is 1. The topological polar surface area (TPSA) is 16.8 Å². The first-order valence-corrected chi connectivity index (χ1v) is 4.88. The van der Waals surface area contributed by atoms with Crippen LogP contribution in [0.25, 0.3) is 12.2 Å². The zero-order chi connectivity index (χ0) is 10.5. The van der Waals surface area contributed by atoms with Crippen LogP contribution in [0.5, 0.6) is 0 Å². The van der Waals surface area contributed by atoms with Crippen LogP contribution in [0.2, 0.25) is 0 Å². The van der Waals surface area contributed by atoms with Crippen LogP contribution >= 0.6 is 0 Å². The molecule has 0 aliphatic rings. The molecule has 0 bridgehead atoms. The fourth-order valence-corrected chi connectivity index (χ4v) is 1.29. The van der Waals surface area contributed by atoms with Crippen molar-refractivity contribution in [1.82, 2.24) is 4.98 Å². The van der Waals surface area contributed by atoms with Gasteiger partial charge in [-0.2, -0.15) is 0 Å². The molecule has 0 N–H and O–H groups in total. The Kier molecular flexibility index (Phi) is 2.88. The molecule has 0 unspecified atom stereocenters. The maximum Gasteiger partial charge on any atom is 0.169 e. The maximum atomic E-state index is 3.97. The van der Waals surface area contributed by atoms with Crippen molar-refractivity contribution in [3.8, 4) is 0 Å². The van der Waals surface area contributed by atoms with Crippen molar-refractivity contribution in [1.29, 1.82) is 0 Å². The third-order valence-electron chi connectivity index (χ3n) is 2.18. The Labute approximate surface area is 89.5 Å². The molecule has 2 aromatic rings. The monoisotopic (exact) mass is 197 g/mol. The van der Waals surface area contributed by atoms with E-state index in [-0.39, 0.29) is 0 Å². The summed E-state index contributed by atoms with van der Waals surface area (Å²) in [7, 11) is 2.01. The number of nitrogens with zero attached hydrogens (tertiary/aromatic N) is 2. The Morgan fingerprint density at radius 1 is 0.933 bits per heavy atom. The van der Waals surface area contributed by atoms with Crippen molar-refractivity contribution in [3.05, 3.63) is 60.2 Å². The van der Waals surface area contributed by atoms with E-state index < -0.39 is 0 Å². The number of pyridine rings is 2. The predicted molar refractivity (Wildman–Crippen MR) is 60.8 cm³/mol. The van der Waals surface area contributed by atoms with Gasteiger partial charge in [-0.3, -0.25) is 4.98 Å². The van der Waals surface area contributed by atoms with Gasteiger partial charge in [-0.15, -0.1) is 0 Å². The molecule has 0 spiro atoms. The Balaban J connectivity index is 2.15. The molecule has 15 heavy (non-hydrogen) atoms. The predicted octanol–water partition coefficient (Wildman–Crippen LogP) is 2.08. The number of rotatable bonds is 2. The highest BCUT2D eigenvalue weighted by Crippen LogP contribution is 2.05. The van der Waals surface area contributed by atoms with Crippen molar-refractivity contribution in [2.45, 2.75) is 0 Å². The SMILES string of the molecule is C[n+]1ccc(/C=C/c2ccncc2)cc1. The highest BCUT2D eigenvalue weighted by molar-refractivity contribution is 5.68. The van der Waals surface area contributed by atoms with Gasteiger partial charge in [-0.25, -0.2) is 4.57 Å². The normalized spacial score (nSPS) is 10.7. The average Bonchev–Trinajstić information content (AvgIpc) is 2.30. The van der Waals surface area contributed by atoms with Crippen molar-refractivity contribution >= 4 is 12.2 Å². The molecule has 2 heterocycles. The molecule has 0 saturated carbocycles. The van der Waals surface area contributed by atoms with Crippen LogP contribution in [0.4, 0.5) is 0 Å². The van der Waals surface area contributed by atoms with Crippen LogP contribution in [-0.2, 0) is 7.05 Å². The van der Waals surface area contributed by atoms with Gasteiger partial charge in [0.25, 0.3) is 0 Å². The Morgan fingerprint density at radius 2 is 1.47 bits per heavy atom. The van der Waals surface area contributed by atoms with Crippen molar-refractivity contribution in [2.75, 3.05) is 0 Å². The van der Waals surface area contributed by atoms with Crippen molar-refractivity contribution in [2.24, 2.45) is 7.05 Å². The molecule has 0 aliphatic carbocycles. The minimum Gasteiger partial charge on any atom is -0.265 e. The fraction of sp³-hybridized carbons (Fsp3) is 0.0769. The molecule has 0 aliphatic heterocycles. The van der Waals surface area contributed by atoms with Crippen LogP contribution in [0.1, 0.15) is 11.1 Å². The van der Waals surface area contributed by atoms with E-state index in [1.54, 1.807) is 12.4 Å². The Bertz CT molecular complexity index is 444. The summed E-state index contributed by atoms with van der Waals surface area (Å²) in [4.78, 5) is 3.97. The Hall–Kier alpha value is -1.96. The second-order valence-corrected chi connectivity index (χ2v) is 3.41. The zero-order valence-electron chi connectivity index (χ0n) is 8.67. The molecule has 0 amide bonds. The molecule has 2 heteroatoms. The molecular formula is C13H13N2+. The van der Waals surface area contributed by atoms with Crippen LogP contribution in [0.15, 0.2) is 49.1 Å². The van der Waals surface area contributed by atoms with Gasteiger partial charge in [-0.1, -0.05) is 12.2 Å². The maximum absolute atomic E-state index is 3.97. The summed E-state index contributed by atoms with van der Waals surface area (Å²) >= 11 is 0. The van der Waals surface area contributed by atoms with Gasteiger partial charge in [0.2, 0.25) is 0 Å². The summed E-state index contributed by atoms with van der Waals surface area (Å²) in [6.45, 7) is 0. The van der Waals surface area contributed by atoms with Gasteiger partial charge in [0.1, 0.15) is 7.05 Å². The van der Waals surface area contributed by atoms with E-state index in [1.165, 1.54) is 11.1 Å². The van der Waals surface area contributed by atoms with E-state index in [0.717, 1.165) is 0 Å². The number of hydrogen-bond acceptors (Lipinski definition) is 1. The molecule has 0 atom stereocenters. The average molecular weight is 197 g/mol. The first kappa shape index (κ1) is 9.59. The number of aromatic nitrogens is 2. The van der Waals surface area contributed by atoms with E-state index in [1.807, 2.05) is 36.1 Å². The first-order chi connectivity index (χ1) is 7.34. The highest BCUT2D eigenvalue weighted by atomic mass is 14.9. The second kappa shape index (κ2) is 4.51. The van der Waals surface area contributed by atoms with Gasteiger partial charge >= 0.3 is 0 Å². The highest BCUT2D eigenvalue weighted by Gasteiger charge is 1.91. The lowest BCUT2D eigenvalue weighted by atomic mass is 10.2. The third-order valence-corrected chi connectivity index (χ3v) is 2.18. The molecule has 2 rings (SSSR count). The summed E-state index contributed by atoms with van der Waals surface area (Å²) in [5.41, 5.74) is 2.36. The molecule has 0 fully saturated rings. The van der Waals surface area contributed by atoms with Gasteiger partial charge in [-0.05, 0) is 23.3 Å². The molecular weight excluding hydrogens is 184 g/mol. The largest absolute Gasteiger partial charge is 0.265 e. The first-order valence-electron chi connectivity index (χ1n) is 4.88. The molecule has 0 aromatic carbocycles. The molecule has 0 saturated heterocycles. The van der Waals surface area contributed by atoms with Gasteiger partial charge in [0.15, 0.2) is 12.4 Å². The van der Waals surface area contributed by atoms with E-state index in [0.29, 0.717) is 0 Å². The summed E-state index contributed by atoms with van der Waals surface area (Å²) in [5.74, 6) is 0. The lowest BCUT2D eigenvalue weighted by Crippen LogP contribution is -2.25. The summed E-state index contributed by atoms with van der Waals surface area (Å²) < 4.78 is 2.02. The molecule has 2 aromatic heterocycles. The smallest absolute Gasteiger partial charge is 0.169 e. The van der Waals surface area contributed by atoms with E-state index in [4.69, 9.17) is 0 Å². The van der Waals surface area contributed by atoms with Crippen LogP contribution in [0.3, 0.4) is 0 Å². The Morgan fingerprint density at radius 3 is 2.07 bits per heavy atom. The van der Waals surface area contributed by atoms with Gasteiger partial charge < -0.3 is 0 Å². The lowest BCUT2D eigenvalue weighted by Gasteiger charge is -1.92. The van der Waals surface area contributed by atoms with Crippen molar-refractivity contribution in [3.63, 3.8) is 0 Å². The summed E-state index contributed by atoms with van der Waals surface area (Å²) in [6.07, 6.45) is 11.8. The van der Waals surface area contributed by atoms with E-state index in [2.05, 4.69) is 29.3 Å². The second-order valence-electron chi connectivity index (χ2n) is 3.41. The van der Waals surface area contributed by atoms with Crippen LogP contribution < -0.4 is 4.57 Å². The third kappa shape index (κ3) is 2.74. The van der Waals surface area contributed by atoms with Crippen molar-refractivity contribution < 1.29 is 4.57 Å². The lowest BCUT2D eigenvalue weighted by molar-refractivity contribution is -0.671. The molecule has 74 valence electrons. The van der Waals surface area contributed by atoms with Gasteiger partial charge in [0.05, 0.1) is 0 Å². The minimum atomic E-state index is 1.17. The summed E-state index contributed by atoms with van der Waals surface area (Å²) in [6, 6.07) is 8.13. The van der Waals surface area contributed by atoms with Crippen LogP contribution in [-0.4, -0.2) is 4.98 Å². The van der Waals surface area contributed by atoms with E-state index >= 15 is 0 Å². The van der Waals surface area contributed by atoms with E-state index in [9.17, 15) is 0 Å². The minimum absolute atomic E-state index is 1.17. The summed E-state index contributed by atoms with van der Waals surface area (Å²) in [5, 5.41) is 0. The van der Waals surface area contributed by atoms with Gasteiger partial charge in [0, 0.05) is 24.5 Å². The molecule has 0 radical (unpaired) electrons. The number of hydrogen-bond donors (Lipinski definition) is 0.